The Kier molecular flexibility index (Phi) is 7.67. The molecule has 3 aromatic carbocycles. The number of nitrogens with zero attached hydrogens (tertiary/aromatic N) is 3. The summed E-state index contributed by atoms with van der Waals surface area (Å²) in [4.78, 5) is 29.9. The number of hydrogen-bond donors (Lipinski definition) is 1. The van der Waals surface area contributed by atoms with E-state index in [0.29, 0.717) is 28.0 Å². The highest BCUT2D eigenvalue weighted by molar-refractivity contribution is 8.15. The Hall–Kier alpha value is -3.82. The maximum absolute atomic E-state index is 12.8. The Morgan fingerprint density at radius 3 is 2.50 bits per heavy atom. The lowest BCUT2D eigenvalue weighted by Gasteiger charge is -2.23. The van der Waals surface area contributed by atoms with Gasteiger partial charge in [0.25, 0.3) is 5.91 Å². The van der Waals surface area contributed by atoms with Crippen LogP contribution in [-0.4, -0.2) is 47.2 Å². The normalized spacial score (nSPS) is 18.7. The maximum atomic E-state index is 12.8. The van der Waals surface area contributed by atoms with E-state index in [2.05, 4.69) is 10.3 Å². The number of carbonyl (C=O) groups is 2. The zero-order valence-electron chi connectivity index (χ0n) is 20.8. The average molecular weight is 549 g/mol. The molecule has 5 rings (SSSR count). The van der Waals surface area contributed by atoms with E-state index in [0.717, 1.165) is 22.6 Å². The third kappa shape index (κ3) is 5.54. The van der Waals surface area contributed by atoms with E-state index in [-0.39, 0.29) is 24.3 Å². The van der Waals surface area contributed by atoms with Crippen LogP contribution in [-0.2, 0) is 9.59 Å². The molecule has 0 aromatic heterocycles. The lowest BCUT2D eigenvalue weighted by molar-refractivity contribution is -0.121. The van der Waals surface area contributed by atoms with Gasteiger partial charge in [-0.15, -0.1) is 0 Å². The highest BCUT2D eigenvalue weighted by Gasteiger charge is 2.39. The van der Waals surface area contributed by atoms with Crippen molar-refractivity contribution in [3.8, 4) is 11.5 Å². The molecule has 2 heterocycles. The number of ether oxygens (including phenoxy) is 2. The standard InChI is InChI=1S/C28H25ClN4O4S/c1-36-20-13-9-17(10-14-20)22-15-23(18-7-11-19(29)12-8-18)33(32-22)28-31-27(35)25(38-28)16-26(34)30-21-5-3-4-6-24(21)37-2/h3-14,23,25H,15-16H2,1-2H3,(H,30,34)/t23-,25+/m1/s1. The van der Waals surface area contributed by atoms with Crippen molar-refractivity contribution in [3.05, 3.63) is 88.9 Å². The molecule has 0 fully saturated rings. The summed E-state index contributed by atoms with van der Waals surface area (Å²) in [7, 11) is 3.16. The van der Waals surface area contributed by atoms with Crippen molar-refractivity contribution in [1.82, 2.24) is 5.01 Å². The van der Waals surface area contributed by atoms with E-state index < -0.39 is 5.25 Å². The molecule has 0 bridgehead atoms. The number of rotatable bonds is 7. The second kappa shape index (κ2) is 11.3. The quantitative estimate of drug-likeness (QED) is 0.417. The van der Waals surface area contributed by atoms with Crippen molar-refractivity contribution in [2.24, 2.45) is 10.1 Å². The molecule has 2 aliphatic rings. The summed E-state index contributed by atoms with van der Waals surface area (Å²) in [5, 5.41) is 9.93. The number of aliphatic imine (C=N–C) groups is 1. The zero-order valence-corrected chi connectivity index (χ0v) is 22.3. The van der Waals surface area contributed by atoms with Crippen molar-refractivity contribution in [2.75, 3.05) is 19.5 Å². The van der Waals surface area contributed by atoms with Gasteiger partial charge in [-0.2, -0.15) is 10.1 Å². The molecule has 0 aliphatic carbocycles. The summed E-state index contributed by atoms with van der Waals surface area (Å²) in [6.45, 7) is 0. The summed E-state index contributed by atoms with van der Waals surface area (Å²) in [5.74, 6) is 0.651. The molecule has 0 spiro atoms. The summed E-state index contributed by atoms with van der Waals surface area (Å²) >= 11 is 7.38. The Bertz CT molecular complexity index is 1410. The highest BCUT2D eigenvalue weighted by atomic mass is 35.5. The van der Waals surface area contributed by atoms with Gasteiger partial charge in [0, 0.05) is 17.9 Å². The third-order valence-electron chi connectivity index (χ3n) is 6.27. The van der Waals surface area contributed by atoms with Gasteiger partial charge >= 0.3 is 0 Å². The number of benzene rings is 3. The average Bonchev–Trinajstić information content (AvgIpc) is 3.53. The molecule has 0 saturated heterocycles. The number of hydrogen-bond acceptors (Lipinski definition) is 7. The minimum atomic E-state index is -0.647. The number of halogens is 1. The summed E-state index contributed by atoms with van der Waals surface area (Å²) in [6.07, 6.45) is 0.587. The molecule has 2 atom stereocenters. The molecule has 0 saturated carbocycles. The van der Waals surface area contributed by atoms with Gasteiger partial charge in [0.05, 0.1) is 31.7 Å². The lowest BCUT2D eigenvalue weighted by Crippen LogP contribution is -2.25. The Morgan fingerprint density at radius 1 is 1.05 bits per heavy atom. The molecule has 2 amide bonds. The number of amidine groups is 1. The first-order valence-electron chi connectivity index (χ1n) is 11.9. The largest absolute Gasteiger partial charge is 0.497 e. The predicted octanol–water partition coefficient (Wildman–Crippen LogP) is 5.54. The minimum Gasteiger partial charge on any atom is -0.497 e. The van der Waals surface area contributed by atoms with Crippen LogP contribution in [0.5, 0.6) is 11.5 Å². The van der Waals surface area contributed by atoms with Crippen molar-refractivity contribution in [2.45, 2.75) is 24.1 Å². The molecule has 194 valence electrons. The molecule has 3 aromatic rings. The van der Waals surface area contributed by atoms with Crippen LogP contribution in [0, 0.1) is 0 Å². The SMILES string of the molecule is COc1ccc(C2=NN(C3=NC(=O)[C@H](CC(=O)Nc4ccccc4OC)S3)[C@@H](c3ccc(Cl)cc3)C2)cc1. The fourth-order valence-corrected chi connectivity index (χ4v) is 5.50. The number of hydrazone groups is 1. The van der Waals surface area contributed by atoms with Crippen LogP contribution in [0.1, 0.15) is 30.0 Å². The zero-order chi connectivity index (χ0) is 26.6. The first-order valence-corrected chi connectivity index (χ1v) is 13.2. The first-order chi connectivity index (χ1) is 18.4. The Morgan fingerprint density at radius 2 is 1.79 bits per heavy atom. The Balaban J connectivity index is 1.35. The number of nitrogens with one attached hydrogen (secondary N) is 1. The smallest absolute Gasteiger partial charge is 0.262 e. The second-order valence-electron chi connectivity index (χ2n) is 8.68. The first kappa shape index (κ1) is 25.8. The number of methoxy groups -OCH3 is 2. The summed E-state index contributed by atoms with van der Waals surface area (Å²) in [5.41, 5.74) is 3.36. The fraction of sp³-hybridized carbons (Fsp3) is 0.214. The van der Waals surface area contributed by atoms with Gasteiger partial charge in [-0.25, -0.2) is 5.01 Å². The van der Waals surface area contributed by atoms with Crippen LogP contribution in [0.4, 0.5) is 5.69 Å². The molecule has 38 heavy (non-hydrogen) atoms. The van der Waals surface area contributed by atoms with Crippen molar-refractivity contribution < 1.29 is 19.1 Å². The Labute approximate surface area is 229 Å². The van der Waals surface area contributed by atoms with Crippen LogP contribution in [0.25, 0.3) is 0 Å². The van der Waals surface area contributed by atoms with E-state index >= 15 is 0 Å². The van der Waals surface area contributed by atoms with Crippen LogP contribution < -0.4 is 14.8 Å². The van der Waals surface area contributed by atoms with Gasteiger partial charge in [0.1, 0.15) is 16.7 Å². The number of amides is 2. The van der Waals surface area contributed by atoms with Gasteiger partial charge in [0.15, 0.2) is 5.17 Å². The number of carbonyl (C=O) groups excluding carboxylic acids is 2. The van der Waals surface area contributed by atoms with Crippen LogP contribution >= 0.6 is 23.4 Å². The fourth-order valence-electron chi connectivity index (χ4n) is 4.31. The monoisotopic (exact) mass is 548 g/mol. The van der Waals surface area contributed by atoms with Crippen molar-refractivity contribution in [3.63, 3.8) is 0 Å². The van der Waals surface area contributed by atoms with E-state index in [1.165, 1.54) is 18.9 Å². The molecular weight excluding hydrogens is 524 g/mol. The van der Waals surface area contributed by atoms with Gasteiger partial charge in [0.2, 0.25) is 5.91 Å². The van der Waals surface area contributed by atoms with Crippen LogP contribution in [0.2, 0.25) is 5.02 Å². The van der Waals surface area contributed by atoms with Gasteiger partial charge in [-0.1, -0.05) is 47.6 Å². The van der Waals surface area contributed by atoms with E-state index in [1.807, 2.05) is 54.6 Å². The number of para-hydroxylation sites is 2. The topological polar surface area (TPSA) is 92.6 Å². The molecule has 10 heteroatoms. The van der Waals surface area contributed by atoms with Gasteiger partial charge in [-0.05, 0) is 59.7 Å². The molecule has 0 unspecified atom stereocenters. The van der Waals surface area contributed by atoms with E-state index in [1.54, 1.807) is 30.3 Å². The molecular formula is C28H25ClN4O4S. The third-order valence-corrected chi connectivity index (χ3v) is 7.66. The molecule has 0 radical (unpaired) electrons. The van der Waals surface area contributed by atoms with Crippen LogP contribution in [0.15, 0.2) is 82.9 Å². The highest BCUT2D eigenvalue weighted by Crippen LogP contribution is 2.39. The summed E-state index contributed by atoms with van der Waals surface area (Å²) < 4.78 is 10.6. The predicted molar refractivity (Wildman–Crippen MR) is 150 cm³/mol. The van der Waals surface area contributed by atoms with Crippen molar-refractivity contribution >= 4 is 51.7 Å². The molecule has 8 nitrogen and oxygen atoms in total. The minimum absolute atomic E-state index is 0.0248. The van der Waals surface area contributed by atoms with Crippen molar-refractivity contribution in [1.29, 1.82) is 0 Å². The van der Waals surface area contributed by atoms with E-state index in [9.17, 15) is 9.59 Å². The lowest BCUT2D eigenvalue weighted by atomic mass is 9.98. The van der Waals surface area contributed by atoms with Crippen LogP contribution in [0.3, 0.4) is 0 Å². The number of anilines is 1. The number of thioether (sulfide) groups is 1. The van der Waals surface area contributed by atoms with Gasteiger partial charge in [-0.3, -0.25) is 9.59 Å². The molecule has 2 aliphatic heterocycles. The second-order valence-corrected chi connectivity index (χ2v) is 10.3. The van der Waals surface area contributed by atoms with E-state index in [4.69, 9.17) is 26.2 Å². The summed E-state index contributed by atoms with van der Waals surface area (Å²) in [6, 6.07) is 22.2. The maximum Gasteiger partial charge on any atom is 0.262 e. The van der Waals surface area contributed by atoms with Gasteiger partial charge < -0.3 is 14.8 Å². The molecule has 1 N–H and O–H groups in total.